The summed E-state index contributed by atoms with van der Waals surface area (Å²) in [5.74, 6) is 0.617. The van der Waals surface area contributed by atoms with E-state index in [1.54, 1.807) is 6.92 Å². The molecule has 0 aromatic heterocycles. The second-order valence-corrected chi connectivity index (χ2v) is 7.59. The van der Waals surface area contributed by atoms with E-state index in [-0.39, 0.29) is 5.91 Å². The third-order valence-electron chi connectivity index (χ3n) is 5.13. The summed E-state index contributed by atoms with van der Waals surface area (Å²) in [5, 5.41) is 9.87. The van der Waals surface area contributed by atoms with Crippen molar-refractivity contribution >= 4 is 11.6 Å². The number of hydrogen-bond donors (Lipinski definition) is 3. The molecule has 0 spiro atoms. The number of benzene rings is 3. The van der Waals surface area contributed by atoms with E-state index in [4.69, 9.17) is 4.74 Å². The number of rotatable bonds is 8. The fourth-order valence-electron chi connectivity index (χ4n) is 3.51. The van der Waals surface area contributed by atoms with Crippen molar-refractivity contribution in [2.45, 2.75) is 39.2 Å². The Balaban J connectivity index is 1.27. The van der Waals surface area contributed by atoms with E-state index in [0.717, 1.165) is 43.2 Å². The first-order valence-electron chi connectivity index (χ1n) is 10.3. The van der Waals surface area contributed by atoms with Gasteiger partial charge in [0, 0.05) is 26.2 Å². The van der Waals surface area contributed by atoms with Crippen LogP contribution >= 0.6 is 0 Å². The molecule has 1 aliphatic heterocycles. The van der Waals surface area contributed by atoms with Crippen LogP contribution in [0.5, 0.6) is 5.75 Å². The first-order chi connectivity index (χ1) is 14.7. The lowest BCUT2D eigenvalue weighted by Gasteiger charge is -2.23. The second kappa shape index (κ2) is 9.57. The summed E-state index contributed by atoms with van der Waals surface area (Å²) in [5.41, 5.74) is 5.65. The SMILES string of the molecule is CC1Oc2ccc(CNCc3cccc(CNCc4ccccc4)c3)cc2NC1=O. The third-order valence-corrected chi connectivity index (χ3v) is 5.13. The van der Waals surface area contributed by atoms with Gasteiger partial charge in [0.05, 0.1) is 5.69 Å². The van der Waals surface area contributed by atoms with Crippen LogP contribution in [0.2, 0.25) is 0 Å². The average Bonchev–Trinajstić information content (AvgIpc) is 2.76. The zero-order chi connectivity index (χ0) is 20.8. The Morgan fingerprint density at radius 1 is 0.767 bits per heavy atom. The Labute approximate surface area is 177 Å². The van der Waals surface area contributed by atoms with Crippen molar-refractivity contribution in [1.82, 2.24) is 10.6 Å². The summed E-state index contributed by atoms with van der Waals surface area (Å²) in [7, 11) is 0. The zero-order valence-corrected chi connectivity index (χ0v) is 17.2. The number of anilines is 1. The minimum atomic E-state index is -0.448. The fourth-order valence-corrected chi connectivity index (χ4v) is 3.51. The van der Waals surface area contributed by atoms with Crippen LogP contribution in [0.4, 0.5) is 5.69 Å². The highest BCUT2D eigenvalue weighted by Gasteiger charge is 2.23. The normalized spacial score (nSPS) is 15.2. The van der Waals surface area contributed by atoms with Gasteiger partial charge in [-0.25, -0.2) is 0 Å². The largest absolute Gasteiger partial charge is 0.479 e. The standard InChI is InChI=1S/C25H27N3O2/c1-18-25(29)28-23-13-22(10-11-24(23)30-18)17-27-16-21-9-5-8-20(12-21)15-26-14-19-6-3-2-4-7-19/h2-13,18,26-27H,14-17H2,1H3,(H,28,29). The number of amides is 1. The van der Waals surface area contributed by atoms with Crippen molar-refractivity contribution in [2.24, 2.45) is 0 Å². The van der Waals surface area contributed by atoms with E-state index in [2.05, 4.69) is 64.5 Å². The van der Waals surface area contributed by atoms with Crippen molar-refractivity contribution in [2.75, 3.05) is 5.32 Å². The molecule has 0 bridgehead atoms. The quantitative estimate of drug-likeness (QED) is 0.534. The molecule has 0 fully saturated rings. The third kappa shape index (κ3) is 5.26. The number of ether oxygens (including phenoxy) is 1. The van der Waals surface area contributed by atoms with Gasteiger partial charge in [-0.05, 0) is 41.3 Å². The summed E-state index contributed by atoms with van der Waals surface area (Å²) >= 11 is 0. The van der Waals surface area contributed by atoms with Crippen LogP contribution in [0.1, 0.15) is 29.2 Å². The molecule has 0 saturated carbocycles. The van der Waals surface area contributed by atoms with E-state index in [1.165, 1.54) is 16.7 Å². The number of carbonyl (C=O) groups excluding carboxylic acids is 1. The topological polar surface area (TPSA) is 62.4 Å². The van der Waals surface area contributed by atoms with Crippen LogP contribution in [0.3, 0.4) is 0 Å². The second-order valence-electron chi connectivity index (χ2n) is 7.59. The van der Waals surface area contributed by atoms with Crippen LogP contribution in [-0.4, -0.2) is 12.0 Å². The molecule has 0 saturated heterocycles. The van der Waals surface area contributed by atoms with Gasteiger partial charge < -0.3 is 20.7 Å². The van der Waals surface area contributed by atoms with Gasteiger partial charge >= 0.3 is 0 Å². The van der Waals surface area contributed by atoms with Crippen LogP contribution in [0.15, 0.2) is 72.8 Å². The van der Waals surface area contributed by atoms with Gasteiger partial charge in [-0.2, -0.15) is 0 Å². The molecule has 154 valence electrons. The molecule has 30 heavy (non-hydrogen) atoms. The molecule has 1 atom stereocenters. The van der Waals surface area contributed by atoms with Crippen molar-refractivity contribution < 1.29 is 9.53 Å². The molecule has 5 heteroatoms. The van der Waals surface area contributed by atoms with E-state index in [0.29, 0.717) is 0 Å². The first-order valence-corrected chi connectivity index (χ1v) is 10.3. The van der Waals surface area contributed by atoms with Crippen LogP contribution in [0.25, 0.3) is 0 Å². The van der Waals surface area contributed by atoms with Gasteiger partial charge in [-0.15, -0.1) is 0 Å². The Morgan fingerprint density at radius 2 is 1.37 bits per heavy atom. The average molecular weight is 402 g/mol. The maximum absolute atomic E-state index is 11.8. The molecular weight excluding hydrogens is 374 g/mol. The maximum Gasteiger partial charge on any atom is 0.265 e. The van der Waals surface area contributed by atoms with Crippen molar-refractivity contribution in [1.29, 1.82) is 0 Å². The lowest BCUT2D eigenvalue weighted by Crippen LogP contribution is -2.34. The number of hydrogen-bond acceptors (Lipinski definition) is 4. The highest BCUT2D eigenvalue weighted by atomic mass is 16.5. The molecule has 5 nitrogen and oxygen atoms in total. The molecule has 3 N–H and O–H groups in total. The predicted octanol–water partition coefficient (Wildman–Crippen LogP) is 3.99. The predicted molar refractivity (Wildman–Crippen MR) is 119 cm³/mol. The summed E-state index contributed by atoms with van der Waals surface area (Å²) in [4.78, 5) is 11.8. The van der Waals surface area contributed by atoms with Gasteiger partial charge in [-0.1, -0.05) is 60.7 Å². The number of nitrogens with one attached hydrogen (secondary N) is 3. The molecule has 0 aliphatic carbocycles. The summed E-state index contributed by atoms with van der Waals surface area (Å²) in [6, 6.07) is 25.0. The van der Waals surface area contributed by atoms with Crippen molar-refractivity contribution in [3.63, 3.8) is 0 Å². The van der Waals surface area contributed by atoms with Crippen LogP contribution in [0, 0.1) is 0 Å². The highest BCUT2D eigenvalue weighted by Crippen LogP contribution is 2.30. The summed E-state index contributed by atoms with van der Waals surface area (Å²) < 4.78 is 5.61. The van der Waals surface area contributed by atoms with Gasteiger partial charge in [0.25, 0.3) is 5.91 Å². The molecule has 3 aromatic carbocycles. The fraction of sp³-hybridized carbons (Fsp3) is 0.240. The molecule has 3 aromatic rings. The van der Waals surface area contributed by atoms with Gasteiger partial charge in [0.15, 0.2) is 6.10 Å². The molecule has 1 heterocycles. The molecular formula is C25H27N3O2. The Bertz CT molecular complexity index is 1000. The Kier molecular flexibility index (Phi) is 6.42. The number of carbonyl (C=O) groups is 1. The van der Waals surface area contributed by atoms with Gasteiger partial charge in [0.1, 0.15) is 5.75 Å². The van der Waals surface area contributed by atoms with Crippen molar-refractivity contribution in [3.8, 4) is 5.75 Å². The molecule has 1 amide bonds. The smallest absolute Gasteiger partial charge is 0.265 e. The van der Waals surface area contributed by atoms with Crippen molar-refractivity contribution in [3.05, 3.63) is 95.1 Å². The Morgan fingerprint density at radius 3 is 2.07 bits per heavy atom. The molecule has 1 aliphatic rings. The highest BCUT2D eigenvalue weighted by molar-refractivity contribution is 5.97. The molecule has 4 rings (SSSR count). The lowest BCUT2D eigenvalue weighted by molar-refractivity contribution is -0.122. The van der Waals surface area contributed by atoms with E-state index in [9.17, 15) is 4.79 Å². The minimum Gasteiger partial charge on any atom is -0.479 e. The minimum absolute atomic E-state index is 0.106. The van der Waals surface area contributed by atoms with Crippen LogP contribution in [-0.2, 0) is 31.0 Å². The van der Waals surface area contributed by atoms with Gasteiger partial charge in [0.2, 0.25) is 0 Å². The zero-order valence-electron chi connectivity index (χ0n) is 17.2. The Hall–Kier alpha value is -3.15. The van der Waals surface area contributed by atoms with E-state index < -0.39 is 6.10 Å². The molecule has 1 unspecified atom stereocenters. The first kappa shape index (κ1) is 20.1. The summed E-state index contributed by atoms with van der Waals surface area (Å²) in [6.07, 6.45) is -0.448. The maximum atomic E-state index is 11.8. The van der Waals surface area contributed by atoms with Gasteiger partial charge in [-0.3, -0.25) is 4.79 Å². The van der Waals surface area contributed by atoms with E-state index >= 15 is 0 Å². The summed E-state index contributed by atoms with van der Waals surface area (Å²) in [6.45, 7) is 4.95. The molecule has 0 radical (unpaired) electrons. The monoisotopic (exact) mass is 401 g/mol. The van der Waals surface area contributed by atoms with E-state index in [1.807, 2.05) is 24.3 Å². The van der Waals surface area contributed by atoms with Crippen LogP contribution < -0.4 is 20.7 Å². The lowest BCUT2D eigenvalue weighted by atomic mass is 10.1. The number of fused-ring (bicyclic) bond motifs is 1.